The van der Waals surface area contributed by atoms with Crippen molar-refractivity contribution < 1.29 is 9.31 Å². The molecule has 2 rings (SSSR count). The summed E-state index contributed by atoms with van der Waals surface area (Å²) >= 11 is 1.47. The van der Waals surface area contributed by atoms with Crippen LogP contribution in [-0.2, 0) is 5.75 Å². The minimum atomic E-state index is -0.742. The molecule has 0 aromatic heterocycles. The second kappa shape index (κ2) is 6.72. The number of halogens is 1. The summed E-state index contributed by atoms with van der Waals surface area (Å²) in [5, 5.41) is 10.7. The van der Waals surface area contributed by atoms with Crippen LogP contribution in [-0.4, -0.2) is 4.92 Å². The van der Waals surface area contributed by atoms with Crippen molar-refractivity contribution in [1.82, 2.24) is 0 Å². The number of nitro groups is 1. The van der Waals surface area contributed by atoms with Crippen molar-refractivity contribution in [3.8, 4) is 0 Å². The van der Waals surface area contributed by atoms with Gasteiger partial charge in [-0.05, 0) is 23.6 Å². The summed E-state index contributed by atoms with van der Waals surface area (Å²) in [5.41, 5.74) is 1.13. The molecular weight excluding hydrogens is 289 g/mol. The lowest BCUT2D eigenvalue weighted by atomic mass is 10.0. The predicted octanol–water partition coefficient (Wildman–Crippen LogP) is 5.15. The van der Waals surface area contributed by atoms with Crippen molar-refractivity contribution in [2.24, 2.45) is 0 Å². The van der Waals surface area contributed by atoms with Crippen molar-refractivity contribution in [3.05, 3.63) is 69.5 Å². The van der Waals surface area contributed by atoms with Crippen molar-refractivity contribution in [3.63, 3.8) is 0 Å². The minimum Gasteiger partial charge on any atom is -0.258 e. The molecule has 5 heteroatoms. The monoisotopic (exact) mass is 305 g/mol. The number of nitro benzene ring substituents is 1. The average molecular weight is 305 g/mol. The van der Waals surface area contributed by atoms with E-state index >= 15 is 0 Å². The Kier molecular flexibility index (Phi) is 4.96. The molecule has 0 atom stereocenters. The van der Waals surface area contributed by atoms with E-state index in [9.17, 15) is 14.5 Å². The Hall–Kier alpha value is -1.88. The molecule has 0 spiro atoms. The van der Waals surface area contributed by atoms with Crippen LogP contribution in [0.3, 0.4) is 0 Å². The standard InChI is InChI=1S/C16H16FNO2S/c1-11(2)12-6-8-14(9-7-12)21-10-13-4-3-5-15(16(13)17)18(19)20/h3-9,11H,10H2,1-2H3. The number of rotatable bonds is 5. The first-order valence-corrected chi connectivity index (χ1v) is 7.62. The maximum atomic E-state index is 13.9. The molecule has 0 unspecified atom stereocenters. The lowest BCUT2D eigenvalue weighted by Crippen LogP contribution is -1.96. The van der Waals surface area contributed by atoms with Crippen molar-refractivity contribution in [2.45, 2.75) is 30.4 Å². The van der Waals surface area contributed by atoms with Gasteiger partial charge in [-0.2, -0.15) is 4.39 Å². The summed E-state index contributed by atoms with van der Waals surface area (Å²) in [5.74, 6) is 0.0983. The van der Waals surface area contributed by atoms with Crippen LogP contribution < -0.4 is 0 Å². The van der Waals surface area contributed by atoms with E-state index in [2.05, 4.69) is 26.0 Å². The molecule has 2 aromatic carbocycles. The van der Waals surface area contributed by atoms with Crippen molar-refractivity contribution in [2.75, 3.05) is 0 Å². The Morgan fingerprint density at radius 1 is 1.19 bits per heavy atom. The zero-order chi connectivity index (χ0) is 15.4. The Bertz CT molecular complexity index is 641. The number of nitrogens with zero attached hydrogens (tertiary/aromatic N) is 1. The van der Waals surface area contributed by atoms with E-state index < -0.39 is 16.4 Å². The highest BCUT2D eigenvalue weighted by atomic mass is 32.2. The molecule has 0 bridgehead atoms. The molecule has 3 nitrogen and oxygen atoms in total. The van der Waals surface area contributed by atoms with Crippen molar-refractivity contribution >= 4 is 17.4 Å². The van der Waals surface area contributed by atoms with Gasteiger partial charge in [0.2, 0.25) is 5.82 Å². The number of hydrogen-bond acceptors (Lipinski definition) is 3. The molecule has 2 aromatic rings. The topological polar surface area (TPSA) is 43.1 Å². The summed E-state index contributed by atoms with van der Waals surface area (Å²) in [6, 6.07) is 12.4. The van der Waals surface area contributed by atoms with E-state index in [1.54, 1.807) is 6.07 Å². The van der Waals surface area contributed by atoms with Gasteiger partial charge in [0.25, 0.3) is 0 Å². The summed E-state index contributed by atoms with van der Waals surface area (Å²) in [6.07, 6.45) is 0. The highest BCUT2D eigenvalue weighted by molar-refractivity contribution is 7.98. The molecular formula is C16H16FNO2S. The number of hydrogen-bond donors (Lipinski definition) is 0. The highest BCUT2D eigenvalue weighted by Gasteiger charge is 2.17. The van der Waals surface area contributed by atoms with Crippen LogP contribution in [0, 0.1) is 15.9 Å². The minimum absolute atomic E-state index is 0.349. The van der Waals surface area contributed by atoms with Crippen LogP contribution in [0.5, 0.6) is 0 Å². The quantitative estimate of drug-likeness (QED) is 0.436. The van der Waals surface area contributed by atoms with E-state index in [0.717, 1.165) is 4.90 Å². The summed E-state index contributed by atoms with van der Waals surface area (Å²) in [6.45, 7) is 4.25. The molecule has 0 fully saturated rings. The maximum Gasteiger partial charge on any atom is 0.305 e. The SMILES string of the molecule is CC(C)c1ccc(SCc2cccc([N+](=O)[O-])c2F)cc1. The molecule has 0 aliphatic carbocycles. The highest BCUT2D eigenvalue weighted by Crippen LogP contribution is 2.28. The molecule has 0 saturated heterocycles. The van der Waals surface area contributed by atoms with Crippen LogP contribution >= 0.6 is 11.8 Å². The van der Waals surface area contributed by atoms with Gasteiger partial charge in [0.15, 0.2) is 0 Å². The first kappa shape index (κ1) is 15.5. The zero-order valence-electron chi connectivity index (χ0n) is 11.9. The second-order valence-electron chi connectivity index (χ2n) is 5.02. The third kappa shape index (κ3) is 3.82. The zero-order valence-corrected chi connectivity index (χ0v) is 12.7. The fourth-order valence-corrected chi connectivity index (χ4v) is 2.80. The lowest BCUT2D eigenvalue weighted by Gasteiger charge is -2.07. The summed E-state index contributed by atoms with van der Waals surface area (Å²) in [7, 11) is 0. The lowest BCUT2D eigenvalue weighted by molar-refractivity contribution is -0.387. The molecule has 0 aliphatic heterocycles. The molecule has 21 heavy (non-hydrogen) atoms. The fraction of sp³-hybridized carbons (Fsp3) is 0.250. The second-order valence-corrected chi connectivity index (χ2v) is 6.07. The number of thioether (sulfide) groups is 1. The Morgan fingerprint density at radius 3 is 2.43 bits per heavy atom. The first-order valence-electron chi connectivity index (χ1n) is 6.63. The Labute approximate surface area is 127 Å². The molecule has 0 radical (unpaired) electrons. The van der Waals surface area contributed by atoms with Gasteiger partial charge in [0.05, 0.1) is 4.92 Å². The van der Waals surface area contributed by atoms with Crippen LogP contribution in [0.1, 0.15) is 30.9 Å². The van der Waals surface area contributed by atoms with Gasteiger partial charge in [-0.25, -0.2) is 0 Å². The average Bonchev–Trinajstić information content (AvgIpc) is 2.46. The molecule has 0 saturated carbocycles. The first-order chi connectivity index (χ1) is 9.99. The van der Waals surface area contributed by atoms with Crippen LogP contribution in [0.25, 0.3) is 0 Å². The van der Waals surface area contributed by atoms with Gasteiger partial charge < -0.3 is 0 Å². The molecule has 0 amide bonds. The van der Waals surface area contributed by atoms with Crippen LogP contribution in [0.15, 0.2) is 47.4 Å². The Balaban J connectivity index is 2.09. The smallest absolute Gasteiger partial charge is 0.258 e. The number of benzene rings is 2. The van der Waals surface area contributed by atoms with E-state index in [4.69, 9.17) is 0 Å². The van der Waals surface area contributed by atoms with Gasteiger partial charge in [0, 0.05) is 22.3 Å². The van der Waals surface area contributed by atoms with Gasteiger partial charge in [-0.1, -0.05) is 38.1 Å². The van der Waals surface area contributed by atoms with E-state index in [1.807, 2.05) is 12.1 Å². The normalized spacial score (nSPS) is 10.9. The van der Waals surface area contributed by atoms with Gasteiger partial charge in [0.1, 0.15) is 0 Å². The van der Waals surface area contributed by atoms with Crippen LogP contribution in [0.2, 0.25) is 0 Å². The molecule has 0 heterocycles. The van der Waals surface area contributed by atoms with E-state index in [1.165, 1.54) is 29.5 Å². The fourth-order valence-electron chi connectivity index (χ4n) is 1.93. The van der Waals surface area contributed by atoms with Gasteiger partial charge >= 0.3 is 5.69 Å². The van der Waals surface area contributed by atoms with Crippen LogP contribution in [0.4, 0.5) is 10.1 Å². The van der Waals surface area contributed by atoms with E-state index in [-0.39, 0.29) is 0 Å². The molecule has 110 valence electrons. The van der Waals surface area contributed by atoms with Gasteiger partial charge in [-0.15, -0.1) is 11.8 Å². The third-order valence-electron chi connectivity index (χ3n) is 3.20. The largest absolute Gasteiger partial charge is 0.305 e. The Morgan fingerprint density at radius 2 is 1.86 bits per heavy atom. The maximum absolute atomic E-state index is 13.9. The molecule has 0 N–H and O–H groups in total. The summed E-state index contributed by atoms with van der Waals surface area (Å²) < 4.78 is 13.9. The van der Waals surface area contributed by atoms with Crippen molar-refractivity contribution in [1.29, 1.82) is 0 Å². The third-order valence-corrected chi connectivity index (χ3v) is 4.26. The molecule has 0 aliphatic rings. The predicted molar refractivity (Wildman–Crippen MR) is 83.1 cm³/mol. The van der Waals surface area contributed by atoms with Gasteiger partial charge in [-0.3, -0.25) is 10.1 Å². The summed E-state index contributed by atoms with van der Waals surface area (Å²) in [4.78, 5) is 11.0. The van der Waals surface area contributed by atoms with E-state index in [0.29, 0.717) is 17.2 Å².